The number of hydrogen-bond donors (Lipinski definition) is 2. The van der Waals surface area contributed by atoms with Gasteiger partial charge in [0.05, 0.1) is 5.69 Å². The molecular weight excluding hydrogens is 166 g/mol. The molecule has 3 N–H and O–H groups in total. The Morgan fingerprint density at radius 2 is 2.38 bits per heavy atom. The Morgan fingerprint density at radius 1 is 1.54 bits per heavy atom. The molecule has 1 aliphatic rings. The third-order valence-electron chi connectivity index (χ3n) is 2.23. The number of rotatable bonds is 1. The number of pyridine rings is 1. The van der Waals surface area contributed by atoms with Crippen LogP contribution in [0.25, 0.3) is 0 Å². The van der Waals surface area contributed by atoms with E-state index in [4.69, 9.17) is 5.73 Å². The average Bonchev–Trinajstić information content (AvgIpc) is 2.52. The lowest BCUT2D eigenvalue weighted by Crippen LogP contribution is -2.13. The zero-order valence-corrected chi connectivity index (χ0v) is 7.16. The van der Waals surface area contributed by atoms with Crippen molar-refractivity contribution in [3.8, 4) is 0 Å². The van der Waals surface area contributed by atoms with Crippen LogP contribution in [0.15, 0.2) is 18.5 Å². The van der Waals surface area contributed by atoms with Gasteiger partial charge in [-0.15, -0.1) is 0 Å². The van der Waals surface area contributed by atoms with Crippen LogP contribution in [0.3, 0.4) is 0 Å². The fourth-order valence-electron chi connectivity index (χ4n) is 1.54. The zero-order chi connectivity index (χ0) is 9.26. The van der Waals surface area contributed by atoms with Gasteiger partial charge in [-0.2, -0.15) is 0 Å². The third-order valence-corrected chi connectivity index (χ3v) is 2.23. The van der Waals surface area contributed by atoms with E-state index in [0.717, 1.165) is 5.56 Å². The van der Waals surface area contributed by atoms with Crippen molar-refractivity contribution in [3.63, 3.8) is 0 Å². The molecule has 0 radical (unpaired) electrons. The quantitative estimate of drug-likeness (QED) is 0.646. The monoisotopic (exact) mass is 177 g/mol. The zero-order valence-electron chi connectivity index (χ0n) is 7.16. The molecule has 2 rings (SSSR count). The molecule has 0 aromatic carbocycles. The summed E-state index contributed by atoms with van der Waals surface area (Å²) in [4.78, 5) is 14.9. The molecule has 4 nitrogen and oxygen atoms in total. The molecular formula is C9H11N3O. The molecule has 0 saturated carbocycles. The summed E-state index contributed by atoms with van der Waals surface area (Å²) in [5.74, 6) is 0.343. The van der Waals surface area contributed by atoms with Gasteiger partial charge >= 0.3 is 0 Å². The van der Waals surface area contributed by atoms with Crippen molar-refractivity contribution < 1.29 is 4.79 Å². The van der Waals surface area contributed by atoms with Gasteiger partial charge in [-0.3, -0.25) is 9.78 Å². The fourth-order valence-corrected chi connectivity index (χ4v) is 1.54. The van der Waals surface area contributed by atoms with E-state index >= 15 is 0 Å². The molecule has 1 saturated heterocycles. The second-order valence-electron chi connectivity index (χ2n) is 3.26. The Labute approximate surface area is 76.2 Å². The number of amides is 1. The molecule has 1 aromatic heterocycles. The minimum atomic E-state index is 0.104. The first-order valence-electron chi connectivity index (χ1n) is 4.23. The number of carbonyl (C=O) groups excluding carboxylic acids is 1. The smallest absolute Gasteiger partial charge is 0.220 e. The number of nitrogens with two attached hydrogens (primary N) is 1. The summed E-state index contributed by atoms with van der Waals surface area (Å²) in [5, 5.41) is 2.78. The SMILES string of the molecule is Nc1cncc(C2CNC(=O)C2)c1. The summed E-state index contributed by atoms with van der Waals surface area (Å²) in [6.45, 7) is 0.698. The van der Waals surface area contributed by atoms with E-state index in [9.17, 15) is 4.79 Å². The van der Waals surface area contributed by atoms with E-state index in [-0.39, 0.29) is 11.8 Å². The summed E-state index contributed by atoms with van der Waals surface area (Å²) in [5.41, 5.74) is 7.28. The van der Waals surface area contributed by atoms with Crippen molar-refractivity contribution in [2.24, 2.45) is 0 Å². The summed E-state index contributed by atoms with van der Waals surface area (Å²) < 4.78 is 0. The summed E-state index contributed by atoms with van der Waals surface area (Å²) >= 11 is 0. The second-order valence-corrected chi connectivity index (χ2v) is 3.26. The molecule has 0 aliphatic carbocycles. The molecule has 1 amide bonds. The molecule has 1 fully saturated rings. The maximum atomic E-state index is 10.9. The number of anilines is 1. The Kier molecular flexibility index (Phi) is 1.88. The number of hydrogen-bond acceptors (Lipinski definition) is 3. The number of carbonyl (C=O) groups is 1. The first kappa shape index (κ1) is 8.04. The largest absolute Gasteiger partial charge is 0.397 e. The van der Waals surface area contributed by atoms with Crippen molar-refractivity contribution in [2.45, 2.75) is 12.3 Å². The topological polar surface area (TPSA) is 68.0 Å². The molecule has 13 heavy (non-hydrogen) atoms. The van der Waals surface area contributed by atoms with Crippen LogP contribution < -0.4 is 11.1 Å². The van der Waals surface area contributed by atoms with Crippen LogP contribution in [-0.4, -0.2) is 17.4 Å². The van der Waals surface area contributed by atoms with Gasteiger partial charge in [-0.1, -0.05) is 0 Å². The molecule has 1 aliphatic heterocycles. The number of nitrogens with one attached hydrogen (secondary N) is 1. The summed E-state index contributed by atoms with van der Waals surface area (Å²) in [7, 11) is 0. The standard InChI is InChI=1S/C9H11N3O/c10-8-1-6(3-11-5-8)7-2-9(13)12-4-7/h1,3,5,7H,2,4,10H2,(H,12,13). The lowest BCUT2D eigenvalue weighted by molar-refractivity contribution is -0.119. The van der Waals surface area contributed by atoms with Crippen LogP contribution in [0.5, 0.6) is 0 Å². The lowest BCUT2D eigenvalue weighted by atomic mass is 10.00. The molecule has 1 unspecified atom stereocenters. The average molecular weight is 177 g/mol. The van der Waals surface area contributed by atoms with E-state index in [0.29, 0.717) is 18.7 Å². The van der Waals surface area contributed by atoms with Crippen molar-refractivity contribution in [1.29, 1.82) is 0 Å². The van der Waals surface area contributed by atoms with Gasteiger partial charge in [-0.05, 0) is 11.6 Å². The van der Waals surface area contributed by atoms with E-state index in [1.807, 2.05) is 6.07 Å². The van der Waals surface area contributed by atoms with E-state index in [1.54, 1.807) is 12.4 Å². The lowest BCUT2D eigenvalue weighted by Gasteiger charge is -2.06. The van der Waals surface area contributed by atoms with Gasteiger partial charge in [0.15, 0.2) is 0 Å². The number of aromatic nitrogens is 1. The molecule has 0 spiro atoms. The second kappa shape index (κ2) is 3.05. The molecule has 68 valence electrons. The van der Waals surface area contributed by atoms with Crippen molar-refractivity contribution in [1.82, 2.24) is 10.3 Å². The van der Waals surface area contributed by atoms with Crippen LogP contribution >= 0.6 is 0 Å². The Bertz CT molecular complexity index is 337. The maximum Gasteiger partial charge on any atom is 0.220 e. The summed E-state index contributed by atoms with van der Waals surface area (Å²) in [6, 6.07) is 1.87. The fraction of sp³-hybridized carbons (Fsp3) is 0.333. The van der Waals surface area contributed by atoms with Crippen LogP contribution in [0, 0.1) is 0 Å². The maximum absolute atomic E-state index is 10.9. The first-order valence-corrected chi connectivity index (χ1v) is 4.23. The van der Waals surface area contributed by atoms with E-state index in [2.05, 4.69) is 10.3 Å². The van der Waals surface area contributed by atoms with Crippen LogP contribution in [0.2, 0.25) is 0 Å². The molecule has 1 atom stereocenters. The minimum absolute atomic E-state index is 0.104. The van der Waals surface area contributed by atoms with Crippen molar-refractivity contribution in [2.75, 3.05) is 12.3 Å². The van der Waals surface area contributed by atoms with E-state index in [1.165, 1.54) is 0 Å². The highest BCUT2D eigenvalue weighted by Crippen LogP contribution is 2.23. The highest BCUT2D eigenvalue weighted by molar-refractivity contribution is 5.79. The summed E-state index contributed by atoms with van der Waals surface area (Å²) in [6.07, 6.45) is 3.92. The molecule has 1 aromatic rings. The van der Waals surface area contributed by atoms with Gasteiger partial charge in [0.2, 0.25) is 5.91 Å². The van der Waals surface area contributed by atoms with Gasteiger partial charge in [0.1, 0.15) is 0 Å². The highest BCUT2D eigenvalue weighted by Gasteiger charge is 2.22. The number of nitrogen functional groups attached to an aromatic ring is 1. The normalized spacial score (nSPS) is 21.5. The Morgan fingerprint density at radius 3 is 3.00 bits per heavy atom. The molecule has 2 heterocycles. The van der Waals surface area contributed by atoms with Crippen LogP contribution in [0.4, 0.5) is 5.69 Å². The van der Waals surface area contributed by atoms with Gasteiger partial charge in [0.25, 0.3) is 0 Å². The highest BCUT2D eigenvalue weighted by atomic mass is 16.1. The van der Waals surface area contributed by atoms with Gasteiger partial charge < -0.3 is 11.1 Å². The van der Waals surface area contributed by atoms with Gasteiger partial charge in [-0.25, -0.2) is 0 Å². The first-order chi connectivity index (χ1) is 6.25. The minimum Gasteiger partial charge on any atom is -0.397 e. The van der Waals surface area contributed by atoms with Crippen molar-refractivity contribution in [3.05, 3.63) is 24.0 Å². The third kappa shape index (κ3) is 1.61. The van der Waals surface area contributed by atoms with Crippen LogP contribution in [0.1, 0.15) is 17.9 Å². The number of nitrogens with zero attached hydrogens (tertiary/aromatic N) is 1. The predicted octanol–water partition coefficient (Wildman–Crippen LogP) is 0.267. The van der Waals surface area contributed by atoms with Crippen LogP contribution in [-0.2, 0) is 4.79 Å². The Hall–Kier alpha value is -1.58. The van der Waals surface area contributed by atoms with Crippen molar-refractivity contribution >= 4 is 11.6 Å². The van der Waals surface area contributed by atoms with E-state index < -0.39 is 0 Å². The Balaban J connectivity index is 2.21. The van der Waals surface area contributed by atoms with Gasteiger partial charge in [0, 0.05) is 31.3 Å². The predicted molar refractivity (Wildman–Crippen MR) is 49.0 cm³/mol. The molecule has 0 bridgehead atoms. The molecule has 4 heteroatoms.